The van der Waals surface area contributed by atoms with Gasteiger partial charge in [-0.15, -0.1) is 0 Å². The number of carbonyl (C=O) groups is 1. The lowest BCUT2D eigenvalue weighted by Gasteiger charge is -2.17. The molecule has 8 nitrogen and oxygen atoms in total. The van der Waals surface area contributed by atoms with Gasteiger partial charge in [-0.05, 0) is 13.8 Å². The van der Waals surface area contributed by atoms with E-state index in [0.29, 0.717) is 5.76 Å². The van der Waals surface area contributed by atoms with Crippen LogP contribution in [0.2, 0.25) is 0 Å². The highest BCUT2D eigenvalue weighted by molar-refractivity contribution is 5.84. The number of aromatic nitrogens is 4. The van der Waals surface area contributed by atoms with E-state index in [2.05, 4.69) is 4.98 Å². The zero-order chi connectivity index (χ0) is 18.0. The molecule has 3 rings (SSSR count). The lowest BCUT2D eigenvalue weighted by Crippen LogP contribution is -2.43. The molecular weight excluding hydrogens is 312 g/mol. The molecule has 3 aromatic rings. The van der Waals surface area contributed by atoms with Gasteiger partial charge in [-0.2, -0.15) is 4.98 Å². The highest BCUT2D eigenvalue weighted by atomic mass is 16.4. The molecule has 8 heteroatoms. The van der Waals surface area contributed by atoms with Crippen molar-refractivity contribution in [1.29, 1.82) is 0 Å². The molecule has 0 aliphatic carbocycles. The number of fused-ring (bicyclic) bond motifs is 3. The van der Waals surface area contributed by atoms with Gasteiger partial charge < -0.3 is 4.42 Å². The van der Waals surface area contributed by atoms with Crippen molar-refractivity contribution >= 4 is 22.8 Å². The predicted molar refractivity (Wildman–Crippen MR) is 88.4 cm³/mol. The molecule has 0 aliphatic heterocycles. The summed E-state index contributed by atoms with van der Waals surface area (Å²) >= 11 is 0. The van der Waals surface area contributed by atoms with Gasteiger partial charge in [-0.25, -0.2) is 4.79 Å². The molecule has 0 saturated heterocycles. The van der Waals surface area contributed by atoms with Crippen LogP contribution in [-0.4, -0.2) is 24.3 Å². The summed E-state index contributed by atoms with van der Waals surface area (Å²) in [5, 5.41) is 0. The minimum absolute atomic E-state index is 0.193. The van der Waals surface area contributed by atoms with Gasteiger partial charge in [0.05, 0.1) is 12.2 Å². The van der Waals surface area contributed by atoms with Gasteiger partial charge in [0.2, 0.25) is 0 Å². The first-order valence-electron chi connectivity index (χ1n) is 7.65. The van der Waals surface area contributed by atoms with Crippen molar-refractivity contribution in [3.05, 3.63) is 32.3 Å². The molecule has 0 unspecified atom stereocenters. The average molecular weight is 332 g/mol. The molecule has 3 aromatic heterocycles. The lowest BCUT2D eigenvalue weighted by atomic mass is 9.91. The van der Waals surface area contributed by atoms with E-state index in [-0.39, 0.29) is 29.3 Å². The highest BCUT2D eigenvalue weighted by Crippen LogP contribution is 2.20. The van der Waals surface area contributed by atoms with E-state index in [9.17, 15) is 14.4 Å². The first-order valence-corrected chi connectivity index (χ1v) is 7.65. The van der Waals surface area contributed by atoms with Crippen LogP contribution in [0.15, 0.2) is 14.0 Å². The molecule has 0 spiro atoms. The van der Waals surface area contributed by atoms with E-state index < -0.39 is 16.7 Å². The van der Waals surface area contributed by atoms with Crippen molar-refractivity contribution in [2.45, 2.75) is 41.2 Å². The SMILES string of the molecule is Cc1oc2nc3c(c(=O)n(CC(=O)C(C)(C)C)c(=O)n3C)n2c1C. The van der Waals surface area contributed by atoms with Crippen LogP contribution in [0.3, 0.4) is 0 Å². The monoisotopic (exact) mass is 332 g/mol. The summed E-state index contributed by atoms with van der Waals surface area (Å²) in [5.74, 6) is 0.707. The van der Waals surface area contributed by atoms with Gasteiger partial charge in [0.25, 0.3) is 5.56 Å². The summed E-state index contributed by atoms with van der Waals surface area (Å²) in [6.07, 6.45) is 0. The zero-order valence-electron chi connectivity index (χ0n) is 14.6. The fourth-order valence-corrected chi connectivity index (χ4v) is 2.57. The molecule has 0 radical (unpaired) electrons. The molecule has 0 aliphatic rings. The summed E-state index contributed by atoms with van der Waals surface area (Å²) in [5.41, 5.74) is -0.539. The largest absolute Gasteiger partial charge is 0.428 e. The fourth-order valence-electron chi connectivity index (χ4n) is 2.57. The topological polar surface area (TPSA) is 91.5 Å². The first kappa shape index (κ1) is 16.2. The van der Waals surface area contributed by atoms with E-state index in [0.717, 1.165) is 10.3 Å². The quantitative estimate of drug-likeness (QED) is 0.702. The number of nitrogens with zero attached hydrogens (tertiary/aromatic N) is 4. The highest BCUT2D eigenvalue weighted by Gasteiger charge is 2.26. The summed E-state index contributed by atoms with van der Waals surface area (Å²) < 4.78 is 9.35. The Hall–Kier alpha value is -2.64. The minimum atomic E-state index is -0.645. The van der Waals surface area contributed by atoms with Crippen LogP contribution in [0.5, 0.6) is 0 Å². The van der Waals surface area contributed by atoms with Crippen molar-refractivity contribution < 1.29 is 9.21 Å². The Kier molecular flexibility index (Phi) is 3.33. The number of rotatable bonds is 2. The van der Waals surface area contributed by atoms with E-state index in [1.807, 2.05) is 6.92 Å². The van der Waals surface area contributed by atoms with E-state index in [1.165, 1.54) is 11.6 Å². The second kappa shape index (κ2) is 4.93. The smallest absolute Gasteiger partial charge is 0.332 e. The lowest BCUT2D eigenvalue weighted by molar-refractivity contribution is -0.127. The second-order valence-corrected chi connectivity index (χ2v) is 7.05. The molecular formula is C16H20N4O4. The Morgan fingerprint density at radius 3 is 2.42 bits per heavy atom. The molecule has 3 heterocycles. The number of ketones is 1. The van der Waals surface area contributed by atoms with E-state index in [4.69, 9.17) is 4.42 Å². The van der Waals surface area contributed by atoms with Gasteiger partial charge in [0, 0.05) is 12.5 Å². The molecule has 0 N–H and O–H groups in total. The van der Waals surface area contributed by atoms with Crippen molar-refractivity contribution in [1.82, 2.24) is 18.5 Å². The van der Waals surface area contributed by atoms with E-state index in [1.54, 1.807) is 32.1 Å². The third kappa shape index (κ3) is 2.13. The predicted octanol–water partition coefficient (Wildman–Crippen LogP) is 1.17. The van der Waals surface area contributed by atoms with Crippen LogP contribution in [0, 0.1) is 19.3 Å². The Bertz CT molecular complexity index is 1100. The van der Waals surface area contributed by atoms with Gasteiger partial charge >= 0.3 is 11.5 Å². The van der Waals surface area contributed by atoms with Gasteiger partial charge in [0.1, 0.15) is 5.76 Å². The molecule has 0 saturated carbocycles. The van der Waals surface area contributed by atoms with Gasteiger partial charge in [-0.3, -0.25) is 23.1 Å². The number of hydrogen-bond donors (Lipinski definition) is 0. The molecule has 0 fully saturated rings. The van der Waals surface area contributed by atoms with Crippen LogP contribution < -0.4 is 11.2 Å². The molecule has 0 atom stereocenters. The van der Waals surface area contributed by atoms with Crippen LogP contribution >= 0.6 is 0 Å². The van der Waals surface area contributed by atoms with E-state index >= 15 is 0 Å². The second-order valence-electron chi connectivity index (χ2n) is 7.05. The van der Waals surface area contributed by atoms with Crippen LogP contribution in [0.25, 0.3) is 17.0 Å². The molecule has 128 valence electrons. The molecule has 24 heavy (non-hydrogen) atoms. The molecule has 0 bridgehead atoms. The normalized spacial score (nSPS) is 12.4. The molecule has 0 amide bonds. The first-order chi connectivity index (χ1) is 11.0. The fraction of sp³-hybridized carbons (Fsp3) is 0.500. The summed E-state index contributed by atoms with van der Waals surface area (Å²) in [7, 11) is 1.52. The third-order valence-corrected chi connectivity index (χ3v) is 4.34. The number of Topliss-reactive ketones (excluding diaryl/α,β-unsaturated/α-hetero) is 1. The Morgan fingerprint density at radius 2 is 1.83 bits per heavy atom. The van der Waals surface area contributed by atoms with Crippen molar-refractivity contribution in [3.8, 4) is 0 Å². The number of aryl methyl sites for hydroxylation is 3. The average Bonchev–Trinajstić information content (AvgIpc) is 2.98. The summed E-state index contributed by atoms with van der Waals surface area (Å²) in [6.45, 7) is 8.58. The van der Waals surface area contributed by atoms with Crippen LogP contribution in [0.4, 0.5) is 0 Å². The minimum Gasteiger partial charge on any atom is -0.428 e. The number of hydrogen-bond acceptors (Lipinski definition) is 5. The maximum Gasteiger partial charge on any atom is 0.332 e. The Labute approximate surface area is 137 Å². The van der Waals surface area contributed by atoms with Gasteiger partial charge in [0.15, 0.2) is 16.9 Å². The van der Waals surface area contributed by atoms with Crippen LogP contribution in [0.1, 0.15) is 32.2 Å². The van der Waals surface area contributed by atoms with Crippen LogP contribution in [-0.2, 0) is 18.4 Å². The van der Waals surface area contributed by atoms with Crippen molar-refractivity contribution in [2.24, 2.45) is 12.5 Å². The number of carbonyl (C=O) groups excluding carboxylic acids is 1. The number of imidazole rings is 1. The van der Waals surface area contributed by atoms with Crippen molar-refractivity contribution in [2.75, 3.05) is 0 Å². The standard InChI is InChI=1S/C16H20N4O4/c1-8-9(2)24-14-17-12-11(20(8)14)13(22)19(15(23)18(12)6)7-10(21)16(3,4)5/h7H2,1-6H3. The summed E-state index contributed by atoms with van der Waals surface area (Å²) in [4.78, 5) is 42.0. The Morgan fingerprint density at radius 1 is 1.21 bits per heavy atom. The zero-order valence-corrected chi connectivity index (χ0v) is 14.6. The third-order valence-electron chi connectivity index (χ3n) is 4.34. The maximum absolute atomic E-state index is 12.9. The maximum atomic E-state index is 12.9. The molecule has 0 aromatic carbocycles. The van der Waals surface area contributed by atoms with Crippen molar-refractivity contribution in [3.63, 3.8) is 0 Å². The Balaban J connectivity index is 2.39. The number of oxazole rings is 1. The van der Waals surface area contributed by atoms with Gasteiger partial charge in [-0.1, -0.05) is 20.8 Å². The summed E-state index contributed by atoms with van der Waals surface area (Å²) in [6, 6.07) is 0.